The van der Waals surface area contributed by atoms with E-state index >= 15 is 0 Å². The first-order chi connectivity index (χ1) is 12.9. The van der Waals surface area contributed by atoms with Crippen molar-refractivity contribution in [3.63, 3.8) is 0 Å². The highest BCUT2D eigenvalue weighted by molar-refractivity contribution is 7.93. The maximum atomic E-state index is 13.0. The topological polar surface area (TPSA) is 93.8 Å². The maximum absolute atomic E-state index is 13.0. The molecule has 1 fully saturated rings. The van der Waals surface area contributed by atoms with Gasteiger partial charge in [0.2, 0.25) is 11.7 Å². The predicted octanol–water partition coefficient (Wildman–Crippen LogP) is 3.79. The highest BCUT2D eigenvalue weighted by Crippen LogP contribution is 2.40. The molecule has 0 unspecified atom stereocenters. The number of halogens is 1. The Balaban J connectivity index is 2.10. The van der Waals surface area contributed by atoms with Gasteiger partial charge in [0.15, 0.2) is 0 Å². The van der Waals surface area contributed by atoms with E-state index in [1.165, 1.54) is 24.1 Å². The number of aromatic hydroxyl groups is 1. The molecule has 9 heteroatoms. The molecule has 1 aromatic carbocycles. The standard InChI is InChI=1S/C18H22ClN3O4S/c1-3-22-18(24)13(11-20-22)17(23)12-7-8-14(26-2)16(15(12)19)21-27(25)9-5-4-6-10-27/h7-8,11,24H,3-6,9-10H2,1-2H3. The minimum Gasteiger partial charge on any atom is -0.494 e. The molecule has 0 radical (unpaired) electrons. The van der Waals surface area contributed by atoms with Gasteiger partial charge >= 0.3 is 0 Å². The van der Waals surface area contributed by atoms with Gasteiger partial charge in [0.1, 0.15) is 17.0 Å². The zero-order valence-electron chi connectivity index (χ0n) is 15.3. The van der Waals surface area contributed by atoms with Crippen LogP contribution >= 0.6 is 11.6 Å². The van der Waals surface area contributed by atoms with Crippen molar-refractivity contribution in [1.82, 2.24) is 9.78 Å². The van der Waals surface area contributed by atoms with Crippen LogP contribution in [-0.4, -0.2) is 43.5 Å². The number of methoxy groups -OCH3 is 1. The Morgan fingerprint density at radius 3 is 2.63 bits per heavy atom. The molecule has 0 aliphatic carbocycles. The second-order valence-electron chi connectivity index (χ2n) is 6.34. The summed E-state index contributed by atoms with van der Waals surface area (Å²) in [6.45, 7) is 2.23. The first kappa shape index (κ1) is 19.7. The summed E-state index contributed by atoms with van der Waals surface area (Å²) in [4.78, 5) is 12.9. The zero-order valence-corrected chi connectivity index (χ0v) is 16.8. The van der Waals surface area contributed by atoms with Crippen molar-refractivity contribution in [3.05, 3.63) is 34.5 Å². The SMILES string of the molecule is CCn1ncc(C(=O)c2ccc(OC)c(N=S3(=O)CCCCC3)c2Cl)c1O. The van der Waals surface area contributed by atoms with Gasteiger partial charge in [-0.05, 0) is 31.9 Å². The fraction of sp³-hybridized carbons (Fsp3) is 0.444. The lowest BCUT2D eigenvalue weighted by Crippen LogP contribution is -2.16. The first-order valence-corrected chi connectivity index (χ1v) is 11.0. The van der Waals surface area contributed by atoms with Gasteiger partial charge in [-0.1, -0.05) is 18.0 Å². The lowest BCUT2D eigenvalue weighted by molar-refractivity contribution is 0.103. The molecule has 2 heterocycles. The molecular weight excluding hydrogens is 390 g/mol. The fourth-order valence-corrected chi connectivity index (χ4v) is 5.62. The summed E-state index contributed by atoms with van der Waals surface area (Å²) in [5.74, 6) is 0.683. The van der Waals surface area contributed by atoms with Gasteiger partial charge in [0.25, 0.3) is 0 Å². The number of benzene rings is 1. The van der Waals surface area contributed by atoms with Crippen LogP contribution in [0.3, 0.4) is 0 Å². The van der Waals surface area contributed by atoms with Gasteiger partial charge in [0, 0.05) is 23.6 Å². The highest BCUT2D eigenvalue weighted by atomic mass is 35.5. The number of hydrogen-bond acceptors (Lipinski definition) is 6. The van der Waals surface area contributed by atoms with Gasteiger partial charge in [0.05, 0.1) is 28.1 Å². The van der Waals surface area contributed by atoms with Gasteiger partial charge < -0.3 is 9.84 Å². The van der Waals surface area contributed by atoms with E-state index in [0.717, 1.165) is 19.3 Å². The number of ether oxygens (including phenoxy) is 1. The molecule has 0 spiro atoms. The first-order valence-electron chi connectivity index (χ1n) is 8.78. The number of carbonyl (C=O) groups is 1. The Morgan fingerprint density at radius 2 is 2.04 bits per heavy atom. The van der Waals surface area contributed by atoms with Crippen molar-refractivity contribution >= 4 is 32.8 Å². The highest BCUT2D eigenvalue weighted by Gasteiger charge is 2.25. The van der Waals surface area contributed by atoms with E-state index in [1.807, 2.05) is 0 Å². The summed E-state index contributed by atoms with van der Waals surface area (Å²) in [6, 6.07) is 3.09. The molecule has 1 aromatic heterocycles. The van der Waals surface area contributed by atoms with E-state index in [1.54, 1.807) is 13.0 Å². The predicted molar refractivity (Wildman–Crippen MR) is 105 cm³/mol. The van der Waals surface area contributed by atoms with Gasteiger partial charge in [-0.15, -0.1) is 0 Å². The molecule has 1 aliphatic heterocycles. The molecule has 0 amide bonds. The average molecular weight is 412 g/mol. The molecule has 1 N–H and O–H groups in total. The normalized spacial score (nSPS) is 16.1. The Kier molecular flexibility index (Phi) is 5.76. The van der Waals surface area contributed by atoms with Crippen LogP contribution in [0.2, 0.25) is 5.02 Å². The van der Waals surface area contributed by atoms with Gasteiger partial charge in [-0.3, -0.25) is 4.79 Å². The minimum absolute atomic E-state index is 0.0525. The van der Waals surface area contributed by atoms with Crippen molar-refractivity contribution in [2.75, 3.05) is 18.6 Å². The summed E-state index contributed by atoms with van der Waals surface area (Å²) in [6.07, 6.45) is 4.05. The number of aromatic nitrogens is 2. The van der Waals surface area contributed by atoms with Gasteiger partial charge in [-0.2, -0.15) is 9.46 Å². The quantitative estimate of drug-likeness (QED) is 0.755. The molecule has 2 aromatic rings. The Labute approximate surface area is 163 Å². The second kappa shape index (κ2) is 7.90. The van der Waals surface area contributed by atoms with E-state index in [0.29, 0.717) is 23.8 Å². The Hall–Kier alpha value is -2.06. The molecule has 0 bridgehead atoms. The van der Waals surface area contributed by atoms with E-state index in [-0.39, 0.29) is 27.7 Å². The Morgan fingerprint density at radius 1 is 1.33 bits per heavy atom. The van der Waals surface area contributed by atoms with Crippen LogP contribution in [-0.2, 0) is 16.3 Å². The number of carbonyl (C=O) groups excluding carboxylic acids is 1. The zero-order chi connectivity index (χ0) is 19.6. The molecule has 1 aliphatic rings. The minimum atomic E-state index is -2.43. The third kappa shape index (κ3) is 3.82. The van der Waals surface area contributed by atoms with E-state index in [4.69, 9.17) is 16.3 Å². The molecule has 27 heavy (non-hydrogen) atoms. The summed E-state index contributed by atoms with van der Waals surface area (Å²) in [5, 5.41) is 14.2. The number of rotatable bonds is 5. The van der Waals surface area contributed by atoms with Crippen molar-refractivity contribution in [3.8, 4) is 11.6 Å². The molecule has 7 nitrogen and oxygen atoms in total. The molecule has 146 valence electrons. The van der Waals surface area contributed by atoms with Crippen LogP contribution in [0.4, 0.5) is 5.69 Å². The summed E-state index contributed by atoms with van der Waals surface area (Å²) in [7, 11) is -0.961. The van der Waals surface area contributed by atoms with Crippen molar-refractivity contribution < 1.29 is 18.8 Å². The third-order valence-corrected chi connectivity index (χ3v) is 7.33. The number of nitrogens with zero attached hydrogens (tertiary/aromatic N) is 3. The molecular formula is C18H22ClN3O4S. The van der Waals surface area contributed by atoms with Crippen LogP contribution in [0.1, 0.15) is 42.1 Å². The maximum Gasteiger partial charge on any atom is 0.220 e. The van der Waals surface area contributed by atoms with Gasteiger partial charge in [-0.25, -0.2) is 8.89 Å². The second-order valence-corrected chi connectivity index (χ2v) is 9.26. The fourth-order valence-electron chi connectivity index (χ4n) is 3.08. The summed E-state index contributed by atoms with van der Waals surface area (Å²) in [5.41, 5.74) is 0.428. The van der Waals surface area contributed by atoms with E-state index in [9.17, 15) is 14.1 Å². The van der Waals surface area contributed by atoms with Crippen LogP contribution < -0.4 is 4.74 Å². The lowest BCUT2D eigenvalue weighted by atomic mass is 10.0. The molecule has 1 saturated heterocycles. The number of ketones is 1. The van der Waals surface area contributed by atoms with Crippen LogP contribution in [0.25, 0.3) is 0 Å². The number of hydrogen-bond donors (Lipinski definition) is 1. The smallest absolute Gasteiger partial charge is 0.220 e. The summed E-state index contributed by atoms with van der Waals surface area (Å²) < 4.78 is 24.1. The Bertz CT molecular complexity index is 981. The number of aryl methyl sites for hydroxylation is 1. The summed E-state index contributed by atoms with van der Waals surface area (Å²) >= 11 is 6.48. The average Bonchev–Trinajstić information content (AvgIpc) is 3.03. The lowest BCUT2D eigenvalue weighted by Gasteiger charge is -2.17. The molecule has 0 saturated carbocycles. The van der Waals surface area contributed by atoms with Crippen molar-refractivity contribution in [2.45, 2.75) is 32.7 Å². The largest absolute Gasteiger partial charge is 0.494 e. The van der Waals surface area contributed by atoms with E-state index in [2.05, 4.69) is 9.46 Å². The van der Waals surface area contributed by atoms with Crippen LogP contribution in [0.15, 0.2) is 22.7 Å². The monoisotopic (exact) mass is 411 g/mol. The van der Waals surface area contributed by atoms with Crippen molar-refractivity contribution in [2.24, 2.45) is 4.36 Å². The molecule has 0 atom stereocenters. The van der Waals surface area contributed by atoms with Crippen LogP contribution in [0, 0.1) is 0 Å². The van der Waals surface area contributed by atoms with Crippen molar-refractivity contribution in [1.29, 1.82) is 0 Å². The van der Waals surface area contributed by atoms with E-state index < -0.39 is 15.5 Å². The molecule has 3 rings (SSSR count). The van der Waals surface area contributed by atoms with Crippen LogP contribution in [0.5, 0.6) is 11.6 Å². The third-order valence-electron chi connectivity index (χ3n) is 4.58.